The molecule has 41 heavy (non-hydrogen) atoms. The minimum absolute atomic E-state index is 0.0835. The third kappa shape index (κ3) is 6.69. The summed E-state index contributed by atoms with van der Waals surface area (Å²) in [6.45, 7) is 2.40. The molecule has 10 heteroatoms. The number of carbonyl (C=O) groups is 3. The lowest BCUT2D eigenvalue weighted by molar-refractivity contribution is -0.124. The van der Waals surface area contributed by atoms with Crippen LogP contribution in [-0.4, -0.2) is 36.5 Å². The van der Waals surface area contributed by atoms with Crippen LogP contribution in [0.5, 0.6) is 0 Å². The molecular formula is C31H32ClN5O4. The van der Waals surface area contributed by atoms with Crippen LogP contribution in [0, 0.1) is 11.8 Å². The van der Waals surface area contributed by atoms with E-state index in [0.717, 1.165) is 28.9 Å². The number of aromatic nitrogens is 1. The van der Waals surface area contributed by atoms with Crippen LogP contribution in [0.15, 0.2) is 73.1 Å². The molecule has 0 aliphatic carbocycles. The van der Waals surface area contributed by atoms with Crippen LogP contribution in [0.2, 0.25) is 5.02 Å². The summed E-state index contributed by atoms with van der Waals surface area (Å²) in [5, 5.41) is 9.54. The Morgan fingerprint density at radius 1 is 1.12 bits per heavy atom. The Labute approximate surface area is 243 Å². The highest BCUT2D eigenvalue weighted by Crippen LogP contribution is 2.34. The number of carbonyl (C=O) groups excluding carboxylic acids is 3. The molecule has 3 N–H and O–H groups in total. The molecule has 0 fully saturated rings. The number of fused-ring (bicyclic) bond motifs is 4. The molecule has 0 saturated carbocycles. The third-order valence-electron chi connectivity index (χ3n) is 7.42. The molecule has 3 heterocycles. The van der Waals surface area contributed by atoms with E-state index in [-0.39, 0.29) is 29.7 Å². The number of anilines is 3. The summed E-state index contributed by atoms with van der Waals surface area (Å²) in [5.41, 5.74) is 4.33. The van der Waals surface area contributed by atoms with Crippen LogP contribution in [0.3, 0.4) is 0 Å². The van der Waals surface area contributed by atoms with Crippen LogP contribution in [-0.2, 0) is 14.3 Å². The van der Waals surface area contributed by atoms with E-state index in [4.69, 9.17) is 16.3 Å². The SMILES string of the molecule is COC(=O)Nc1ccc2c(c1)NC(=O)[C@H](C)CCC[C@H](NC(=O)C1C=CN(c3cccc(Cl)c3)C1)c1cc-2ccn1. The quantitative estimate of drug-likeness (QED) is 0.345. The first-order valence-electron chi connectivity index (χ1n) is 13.6. The van der Waals surface area contributed by atoms with Crippen molar-refractivity contribution in [3.63, 3.8) is 0 Å². The second-order valence-electron chi connectivity index (χ2n) is 10.3. The highest BCUT2D eigenvalue weighted by atomic mass is 35.5. The van der Waals surface area contributed by atoms with E-state index < -0.39 is 6.09 Å². The number of halogens is 1. The zero-order valence-electron chi connectivity index (χ0n) is 22.9. The summed E-state index contributed by atoms with van der Waals surface area (Å²) in [7, 11) is 1.29. The first kappa shape index (κ1) is 28.2. The fourth-order valence-electron chi connectivity index (χ4n) is 5.10. The maximum Gasteiger partial charge on any atom is 0.411 e. The van der Waals surface area contributed by atoms with Crippen molar-refractivity contribution in [2.75, 3.05) is 29.2 Å². The van der Waals surface area contributed by atoms with Crippen molar-refractivity contribution in [1.29, 1.82) is 0 Å². The molecule has 3 aromatic rings. The van der Waals surface area contributed by atoms with E-state index in [9.17, 15) is 14.4 Å². The van der Waals surface area contributed by atoms with Crippen molar-refractivity contribution in [2.24, 2.45) is 11.8 Å². The number of hydrogen-bond donors (Lipinski definition) is 3. The smallest absolute Gasteiger partial charge is 0.411 e. The van der Waals surface area contributed by atoms with E-state index in [2.05, 4.69) is 20.9 Å². The predicted molar refractivity (Wildman–Crippen MR) is 160 cm³/mol. The highest BCUT2D eigenvalue weighted by molar-refractivity contribution is 6.30. The number of hydrogen-bond acceptors (Lipinski definition) is 6. The van der Waals surface area contributed by atoms with Gasteiger partial charge in [-0.2, -0.15) is 0 Å². The first-order valence-corrected chi connectivity index (χ1v) is 14.0. The maximum absolute atomic E-state index is 13.4. The van der Waals surface area contributed by atoms with Crippen molar-refractivity contribution in [2.45, 2.75) is 32.2 Å². The van der Waals surface area contributed by atoms with Gasteiger partial charge in [0.15, 0.2) is 0 Å². The molecule has 1 unspecified atom stereocenters. The van der Waals surface area contributed by atoms with Gasteiger partial charge in [-0.3, -0.25) is 19.9 Å². The van der Waals surface area contributed by atoms with E-state index in [1.807, 2.05) is 66.6 Å². The average Bonchev–Trinajstić information content (AvgIpc) is 3.47. The average molecular weight is 574 g/mol. The van der Waals surface area contributed by atoms with Gasteiger partial charge >= 0.3 is 6.09 Å². The van der Waals surface area contributed by atoms with Crippen molar-refractivity contribution in [3.05, 3.63) is 83.8 Å². The Morgan fingerprint density at radius 2 is 1.98 bits per heavy atom. The van der Waals surface area contributed by atoms with Gasteiger partial charge in [0, 0.05) is 46.8 Å². The largest absolute Gasteiger partial charge is 0.453 e. The fraction of sp³-hybridized carbons (Fsp3) is 0.290. The molecule has 212 valence electrons. The third-order valence-corrected chi connectivity index (χ3v) is 7.66. The van der Waals surface area contributed by atoms with Crippen LogP contribution >= 0.6 is 11.6 Å². The Hall–Kier alpha value is -4.37. The van der Waals surface area contributed by atoms with Gasteiger partial charge in [-0.15, -0.1) is 0 Å². The summed E-state index contributed by atoms with van der Waals surface area (Å²) in [5.74, 6) is -0.787. The van der Waals surface area contributed by atoms with E-state index in [1.54, 1.807) is 18.3 Å². The van der Waals surface area contributed by atoms with Gasteiger partial charge < -0.3 is 20.3 Å². The van der Waals surface area contributed by atoms with Gasteiger partial charge in [-0.25, -0.2) is 4.79 Å². The number of nitrogens with zero attached hydrogens (tertiary/aromatic N) is 2. The number of pyridine rings is 1. The summed E-state index contributed by atoms with van der Waals surface area (Å²) in [4.78, 5) is 44.9. The molecule has 5 rings (SSSR count). The number of nitrogens with one attached hydrogen (secondary N) is 3. The number of amides is 3. The molecule has 9 nitrogen and oxygen atoms in total. The first-order chi connectivity index (χ1) is 19.8. The summed E-state index contributed by atoms with van der Waals surface area (Å²) in [6.07, 6.45) is 6.92. The molecular weight excluding hydrogens is 542 g/mol. The molecule has 0 radical (unpaired) electrons. The van der Waals surface area contributed by atoms with Gasteiger partial charge in [0.05, 0.1) is 30.5 Å². The Kier molecular flexibility index (Phi) is 8.54. The van der Waals surface area contributed by atoms with Gasteiger partial charge in [0.25, 0.3) is 0 Å². The van der Waals surface area contributed by atoms with Gasteiger partial charge in [-0.05, 0) is 60.9 Å². The molecule has 3 amide bonds. The minimum Gasteiger partial charge on any atom is -0.453 e. The molecule has 0 saturated heterocycles. The van der Waals surface area contributed by atoms with Crippen LogP contribution in [0.1, 0.15) is 37.9 Å². The Bertz CT molecular complexity index is 1490. The standard InChI is InChI=1S/C31H32ClN5O4/c1-19-5-3-8-26(35-30(39)21-12-14-37(18-21)24-7-4-6-22(32)16-24)28-15-20(11-13-33-28)25-10-9-23(34-31(40)41-2)17-27(25)36-29(19)38/h4,6-7,9-17,19,21,26H,3,5,8,18H2,1-2H3,(H,34,40)(H,35,39)(H,36,38)/t19-,21?,26+/m1/s1. The van der Waals surface area contributed by atoms with E-state index >= 15 is 0 Å². The molecule has 2 bridgehead atoms. The fourth-order valence-corrected chi connectivity index (χ4v) is 5.28. The lowest BCUT2D eigenvalue weighted by Crippen LogP contribution is -2.36. The zero-order valence-corrected chi connectivity index (χ0v) is 23.6. The maximum atomic E-state index is 13.4. The predicted octanol–water partition coefficient (Wildman–Crippen LogP) is 6.15. The van der Waals surface area contributed by atoms with Crippen molar-refractivity contribution < 1.29 is 19.1 Å². The monoisotopic (exact) mass is 573 g/mol. The van der Waals surface area contributed by atoms with Crippen LogP contribution in [0.4, 0.5) is 21.9 Å². The minimum atomic E-state index is -0.602. The summed E-state index contributed by atoms with van der Waals surface area (Å²) in [6, 6.07) is 16.3. The molecule has 2 aromatic carbocycles. The number of benzene rings is 2. The normalized spacial score (nSPS) is 20.2. The topological polar surface area (TPSA) is 113 Å². The number of methoxy groups -OCH3 is 1. The molecule has 0 spiro atoms. The van der Waals surface area contributed by atoms with Crippen molar-refractivity contribution >= 4 is 46.6 Å². The second kappa shape index (κ2) is 12.4. The van der Waals surface area contributed by atoms with Crippen molar-refractivity contribution in [3.8, 4) is 11.1 Å². The van der Waals surface area contributed by atoms with Gasteiger partial charge in [-0.1, -0.05) is 43.2 Å². The number of rotatable bonds is 4. The molecule has 2 aliphatic heterocycles. The molecule has 1 aromatic heterocycles. The Morgan fingerprint density at radius 3 is 2.78 bits per heavy atom. The highest BCUT2D eigenvalue weighted by Gasteiger charge is 2.28. The van der Waals surface area contributed by atoms with E-state index in [1.165, 1.54) is 7.11 Å². The lowest BCUT2D eigenvalue weighted by atomic mass is 9.95. The van der Waals surface area contributed by atoms with Crippen molar-refractivity contribution in [1.82, 2.24) is 10.3 Å². The van der Waals surface area contributed by atoms with Crippen LogP contribution in [0.25, 0.3) is 11.1 Å². The second-order valence-corrected chi connectivity index (χ2v) is 10.7. The molecule has 3 atom stereocenters. The lowest BCUT2D eigenvalue weighted by Gasteiger charge is -2.24. The number of ether oxygens (including phenoxy) is 1. The van der Waals surface area contributed by atoms with E-state index in [0.29, 0.717) is 35.8 Å². The van der Waals surface area contributed by atoms with Gasteiger partial charge in [0.1, 0.15) is 0 Å². The zero-order chi connectivity index (χ0) is 28.9. The summed E-state index contributed by atoms with van der Waals surface area (Å²) < 4.78 is 4.70. The van der Waals surface area contributed by atoms with Crippen LogP contribution < -0.4 is 20.9 Å². The Balaban J connectivity index is 1.40. The summed E-state index contributed by atoms with van der Waals surface area (Å²) >= 11 is 6.16. The molecule has 2 aliphatic rings. The van der Waals surface area contributed by atoms with Gasteiger partial charge in [0.2, 0.25) is 11.8 Å².